The van der Waals surface area contributed by atoms with Crippen molar-refractivity contribution in [3.05, 3.63) is 17.7 Å². The van der Waals surface area contributed by atoms with Crippen LogP contribution in [0.1, 0.15) is 32.3 Å². The predicted molar refractivity (Wildman–Crippen MR) is 111 cm³/mol. The maximum Gasteiger partial charge on any atom is 0.203 e. The van der Waals surface area contributed by atoms with Gasteiger partial charge in [0.05, 0.1) is 27.9 Å². The average Bonchev–Trinajstić information content (AvgIpc) is 2.69. The standard InChI is InChI=1S/C20H36N4O3/c1-7-9-11-24(3)12-10-22-20(21-8-2)23-15-16-13-17(25-4)19(27-6)18(14-16)26-5/h13-14H,7-12,15H2,1-6H3,(H2,21,22,23). The zero-order valence-electron chi connectivity index (χ0n) is 17.7. The third kappa shape index (κ3) is 7.95. The Balaban J connectivity index is 2.74. The number of methoxy groups -OCH3 is 3. The summed E-state index contributed by atoms with van der Waals surface area (Å²) in [6.07, 6.45) is 2.45. The first-order valence-electron chi connectivity index (χ1n) is 9.59. The molecule has 0 spiro atoms. The molecule has 0 aliphatic rings. The van der Waals surface area contributed by atoms with Crippen LogP contribution in [-0.2, 0) is 6.54 Å². The van der Waals surface area contributed by atoms with Gasteiger partial charge in [-0.25, -0.2) is 4.99 Å². The highest BCUT2D eigenvalue weighted by Gasteiger charge is 2.13. The fourth-order valence-corrected chi connectivity index (χ4v) is 2.64. The van der Waals surface area contributed by atoms with Gasteiger partial charge in [-0.1, -0.05) is 13.3 Å². The normalized spacial score (nSPS) is 11.4. The first kappa shape index (κ1) is 22.9. The molecule has 0 aliphatic heterocycles. The molecule has 27 heavy (non-hydrogen) atoms. The first-order chi connectivity index (χ1) is 13.1. The Bertz CT molecular complexity index is 553. The number of ether oxygens (including phenoxy) is 3. The Labute approximate surface area is 164 Å². The van der Waals surface area contributed by atoms with Gasteiger partial charge in [0, 0.05) is 19.6 Å². The molecule has 0 unspecified atom stereocenters. The molecule has 154 valence electrons. The molecule has 0 atom stereocenters. The Kier molecular flexibility index (Phi) is 11.1. The van der Waals surface area contributed by atoms with E-state index in [4.69, 9.17) is 14.2 Å². The molecule has 7 heteroatoms. The van der Waals surface area contributed by atoms with Crippen molar-refractivity contribution in [1.82, 2.24) is 15.5 Å². The van der Waals surface area contributed by atoms with Gasteiger partial charge in [-0.3, -0.25) is 0 Å². The second-order valence-corrected chi connectivity index (χ2v) is 6.31. The lowest BCUT2D eigenvalue weighted by atomic mass is 10.2. The van der Waals surface area contributed by atoms with Crippen LogP contribution in [0.25, 0.3) is 0 Å². The van der Waals surface area contributed by atoms with E-state index in [0.717, 1.165) is 37.7 Å². The van der Waals surface area contributed by atoms with Crippen molar-refractivity contribution in [2.24, 2.45) is 4.99 Å². The summed E-state index contributed by atoms with van der Waals surface area (Å²) in [5.41, 5.74) is 0.988. The van der Waals surface area contributed by atoms with E-state index in [1.165, 1.54) is 12.8 Å². The Hall–Kier alpha value is -2.15. The quantitative estimate of drug-likeness (QED) is 0.429. The van der Waals surface area contributed by atoms with E-state index >= 15 is 0 Å². The van der Waals surface area contributed by atoms with Crippen LogP contribution in [0.5, 0.6) is 17.2 Å². The summed E-state index contributed by atoms with van der Waals surface area (Å²) in [6, 6.07) is 3.85. The fourth-order valence-electron chi connectivity index (χ4n) is 2.64. The minimum absolute atomic E-state index is 0.512. The summed E-state index contributed by atoms with van der Waals surface area (Å²) in [5, 5.41) is 6.67. The van der Waals surface area contributed by atoms with E-state index in [9.17, 15) is 0 Å². The van der Waals surface area contributed by atoms with Crippen molar-refractivity contribution in [2.75, 3.05) is 54.6 Å². The van der Waals surface area contributed by atoms with E-state index < -0.39 is 0 Å². The molecule has 0 saturated heterocycles. The Morgan fingerprint density at radius 2 is 1.67 bits per heavy atom. The van der Waals surface area contributed by atoms with E-state index in [1.807, 2.05) is 12.1 Å². The summed E-state index contributed by atoms with van der Waals surface area (Å²) in [6.45, 7) is 8.55. The fraction of sp³-hybridized carbons (Fsp3) is 0.650. The second-order valence-electron chi connectivity index (χ2n) is 6.31. The lowest BCUT2D eigenvalue weighted by Crippen LogP contribution is -2.41. The van der Waals surface area contributed by atoms with Gasteiger partial charge >= 0.3 is 0 Å². The van der Waals surface area contributed by atoms with Gasteiger partial charge in [0.2, 0.25) is 5.75 Å². The van der Waals surface area contributed by atoms with E-state index in [-0.39, 0.29) is 0 Å². The van der Waals surface area contributed by atoms with E-state index in [1.54, 1.807) is 21.3 Å². The number of nitrogens with zero attached hydrogens (tertiary/aromatic N) is 2. The zero-order valence-corrected chi connectivity index (χ0v) is 17.7. The van der Waals surface area contributed by atoms with E-state index in [0.29, 0.717) is 23.8 Å². The van der Waals surface area contributed by atoms with Crippen LogP contribution < -0.4 is 24.8 Å². The molecular formula is C20H36N4O3. The SMILES string of the molecule is CCCCN(C)CCNC(=NCc1cc(OC)c(OC)c(OC)c1)NCC. The number of guanidine groups is 1. The highest BCUT2D eigenvalue weighted by molar-refractivity contribution is 5.79. The highest BCUT2D eigenvalue weighted by atomic mass is 16.5. The van der Waals surface area contributed by atoms with Gasteiger partial charge in [-0.2, -0.15) is 0 Å². The van der Waals surface area contributed by atoms with Gasteiger partial charge in [-0.15, -0.1) is 0 Å². The van der Waals surface area contributed by atoms with Crippen LogP contribution in [0.4, 0.5) is 0 Å². The minimum Gasteiger partial charge on any atom is -0.493 e. The van der Waals surface area contributed by atoms with Crippen LogP contribution in [0.15, 0.2) is 17.1 Å². The molecular weight excluding hydrogens is 344 g/mol. The van der Waals surface area contributed by atoms with Gasteiger partial charge in [0.15, 0.2) is 17.5 Å². The lowest BCUT2D eigenvalue weighted by molar-refractivity contribution is 0.324. The van der Waals surface area contributed by atoms with Crippen molar-refractivity contribution in [1.29, 1.82) is 0 Å². The average molecular weight is 381 g/mol. The molecule has 0 aromatic heterocycles. The number of rotatable bonds is 12. The summed E-state index contributed by atoms with van der Waals surface area (Å²) in [4.78, 5) is 7.01. The van der Waals surface area contributed by atoms with E-state index in [2.05, 4.69) is 41.4 Å². The number of hydrogen-bond donors (Lipinski definition) is 2. The first-order valence-corrected chi connectivity index (χ1v) is 9.59. The molecule has 1 rings (SSSR count). The minimum atomic E-state index is 0.512. The summed E-state index contributed by atoms with van der Waals surface area (Å²) in [7, 11) is 6.98. The maximum atomic E-state index is 5.41. The summed E-state index contributed by atoms with van der Waals surface area (Å²) < 4.78 is 16.2. The zero-order chi connectivity index (χ0) is 20.1. The number of nitrogens with one attached hydrogen (secondary N) is 2. The predicted octanol–water partition coefficient (Wildman–Crippen LogP) is 2.50. The number of unbranched alkanes of at least 4 members (excludes halogenated alkanes) is 1. The van der Waals surface area contributed by atoms with Crippen LogP contribution in [0.3, 0.4) is 0 Å². The lowest BCUT2D eigenvalue weighted by Gasteiger charge is -2.18. The molecule has 0 aliphatic carbocycles. The van der Waals surface area contributed by atoms with Gasteiger partial charge in [-0.05, 0) is 44.6 Å². The van der Waals surface area contributed by atoms with Gasteiger partial charge in [0.1, 0.15) is 0 Å². The highest BCUT2D eigenvalue weighted by Crippen LogP contribution is 2.38. The molecule has 1 aromatic rings. The monoisotopic (exact) mass is 380 g/mol. The Morgan fingerprint density at radius 3 is 2.19 bits per heavy atom. The topological polar surface area (TPSA) is 67.4 Å². The van der Waals surface area contributed by atoms with Gasteiger partial charge in [0.25, 0.3) is 0 Å². The van der Waals surface area contributed by atoms with Gasteiger partial charge < -0.3 is 29.7 Å². The number of likely N-dealkylation sites (N-methyl/N-ethyl adjacent to an activating group) is 1. The summed E-state index contributed by atoms with van der Waals surface area (Å²) >= 11 is 0. The van der Waals surface area contributed by atoms with Crippen molar-refractivity contribution in [3.8, 4) is 17.2 Å². The molecule has 1 aromatic carbocycles. The third-order valence-corrected chi connectivity index (χ3v) is 4.17. The second kappa shape index (κ2) is 13.1. The molecule has 0 saturated carbocycles. The van der Waals surface area contributed by atoms with Crippen LogP contribution in [-0.4, -0.2) is 65.4 Å². The van der Waals surface area contributed by atoms with Crippen molar-refractivity contribution < 1.29 is 14.2 Å². The van der Waals surface area contributed by atoms with Crippen molar-refractivity contribution >= 4 is 5.96 Å². The molecule has 0 amide bonds. The maximum absolute atomic E-state index is 5.41. The third-order valence-electron chi connectivity index (χ3n) is 4.17. The van der Waals surface area contributed by atoms with Crippen molar-refractivity contribution in [3.63, 3.8) is 0 Å². The smallest absolute Gasteiger partial charge is 0.203 e. The number of benzene rings is 1. The van der Waals surface area contributed by atoms with Crippen LogP contribution in [0.2, 0.25) is 0 Å². The molecule has 0 heterocycles. The molecule has 0 radical (unpaired) electrons. The van der Waals surface area contributed by atoms with Crippen LogP contribution >= 0.6 is 0 Å². The van der Waals surface area contributed by atoms with Crippen molar-refractivity contribution in [2.45, 2.75) is 33.2 Å². The largest absolute Gasteiger partial charge is 0.493 e. The Morgan fingerprint density at radius 1 is 1.00 bits per heavy atom. The number of hydrogen-bond acceptors (Lipinski definition) is 5. The van der Waals surface area contributed by atoms with Crippen LogP contribution in [0, 0.1) is 0 Å². The summed E-state index contributed by atoms with van der Waals surface area (Å²) in [5.74, 6) is 2.66. The number of aliphatic imine (C=N–C) groups is 1. The molecule has 0 bridgehead atoms. The molecule has 7 nitrogen and oxygen atoms in total. The molecule has 2 N–H and O–H groups in total. The molecule has 0 fully saturated rings.